The topological polar surface area (TPSA) is 53.4 Å². The number of benzene rings is 2. The van der Waals surface area contributed by atoms with Crippen molar-refractivity contribution in [3.05, 3.63) is 84.4 Å². The second-order valence-electron chi connectivity index (χ2n) is 6.15. The molecule has 1 atom stereocenters. The largest absolute Gasteiger partial charge is 0.494 e. The molecule has 3 rings (SSSR count). The normalized spacial score (nSPS) is 11.7. The van der Waals surface area contributed by atoms with E-state index >= 15 is 0 Å². The van der Waals surface area contributed by atoms with E-state index in [4.69, 9.17) is 9.47 Å². The lowest BCUT2D eigenvalue weighted by molar-refractivity contribution is -0.143. The Balaban J connectivity index is 1.65. The predicted molar refractivity (Wildman–Crippen MR) is 104 cm³/mol. The van der Waals surface area contributed by atoms with Gasteiger partial charge in [-0.1, -0.05) is 42.5 Å². The minimum Gasteiger partial charge on any atom is -0.494 e. The SMILES string of the molecule is CCOC(=O)CCCOc1ccc(C(c2ccccc2)n2ccnc2)cc1. The van der Waals surface area contributed by atoms with Crippen LogP contribution in [0.25, 0.3) is 0 Å². The van der Waals surface area contributed by atoms with Crippen molar-refractivity contribution >= 4 is 5.97 Å². The molecule has 0 saturated heterocycles. The van der Waals surface area contributed by atoms with Crippen LogP contribution >= 0.6 is 0 Å². The van der Waals surface area contributed by atoms with E-state index in [1.54, 1.807) is 6.20 Å². The van der Waals surface area contributed by atoms with E-state index in [0.29, 0.717) is 26.1 Å². The zero-order valence-corrected chi connectivity index (χ0v) is 15.5. The summed E-state index contributed by atoms with van der Waals surface area (Å²) in [7, 11) is 0. The van der Waals surface area contributed by atoms with Crippen molar-refractivity contribution in [2.24, 2.45) is 0 Å². The van der Waals surface area contributed by atoms with Crippen molar-refractivity contribution in [1.82, 2.24) is 9.55 Å². The average molecular weight is 364 g/mol. The van der Waals surface area contributed by atoms with Crippen molar-refractivity contribution in [3.63, 3.8) is 0 Å². The first kappa shape index (κ1) is 18.7. The van der Waals surface area contributed by atoms with Crippen LogP contribution in [0.5, 0.6) is 5.75 Å². The van der Waals surface area contributed by atoms with Gasteiger partial charge in [0.05, 0.1) is 25.6 Å². The van der Waals surface area contributed by atoms with Crippen LogP contribution in [-0.2, 0) is 9.53 Å². The second-order valence-corrected chi connectivity index (χ2v) is 6.15. The number of ether oxygens (including phenoxy) is 2. The summed E-state index contributed by atoms with van der Waals surface area (Å²) < 4.78 is 12.7. The molecule has 0 fully saturated rings. The van der Waals surface area contributed by atoms with Crippen molar-refractivity contribution in [3.8, 4) is 5.75 Å². The fourth-order valence-electron chi connectivity index (χ4n) is 2.98. The van der Waals surface area contributed by atoms with E-state index in [2.05, 4.69) is 33.8 Å². The number of hydrogen-bond acceptors (Lipinski definition) is 4. The summed E-state index contributed by atoms with van der Waals surface area (Å²) in [5.74, 6) is 0.613. The highest BCUT2D eigenvalue weighted by atomic mass is 16.5. The molecule has 1 aromatic heterocycles. The van der Waals surface area contributed by atoms with E-state index in [9.17, 15) is 4.79 Å². The quantitative estimate of drug-likeness (QED) is 0.421. The monoisotopic (exact) mass is 364 g/mol. The van der Waals surface area contributed by atoms with Gasteiger partial charge in [0.15, 0.2) is 0 Å². The summed E-state index contributed by atoms with van der Waals surface area (Å²) in [6.45, 7) is 2.71. The first-order chi connectivity index (χ1) is 13.3. The molecule has 5 nitrogen and oxygen atoms in total. The van der Waals surface area contributed by atoms with Crippen molar-refractivity contribution in [2.75, 3.05) is 13.2 Å². The molecule has 0 bridgehead atoms. The molecule has 0 aliphatic rings. The Hall–Kier alpha value is -3.08. The third-order valence-electron chi connectivity index (χ3n) is 4.23. The molecule has 0 N–H and O–H groups in total. The zero-order valence-electron chi connectivity index (χ0n) is 15.5. The molecule has 0 spiro atoms. The zero-order chi connectivity index (χ0) is 18.9. The van der Waals surface area contributed by atoms with Crippen LogP contribution < -0.4 is 4.74 Å². The number of hydrogen-bond donors (Lipinski definition) is 0. The van der Waals surface area contributed by atoms with Gasteiger partial charge in [-0.25, -0.2) is 4.98 Å². The minimum atomic E-state index is -0.178. The van der Waals surface area contributed by atoms with Crippen LogP contribution in [0, 0.1) is 0 Å². The van der Waals surface area contributed by atoms with Crippen LogP contribution in [0.4, 0.5) is 0 Å². The van der Waals surface area contributed by atoms with Crippen LogP contribution in [0.3, 0.4) is 0 Å². The number of rotatable bonds is 9. The van der Waals surface area contributed by atoms with Gasteiger partial charge in [-0.05, 0) is 36.6 Å². The fourth-order valence-corrected chi connectivity index (χ4v) is 2.98. The Labute approximate surface area is 159 Å². The van der Waals surface area contributed by atoms with Crippen molar-refractivity contribution in [2.45, 2.75) is 25.8 Å². The molecule has 1 heterocycles. The number of esters is 1. The standard InChI is InChI=1S/C22H24N2O3/c1-2-26-21(25)9-6-16-27-20-12-10-19(11-13-20)22(24-15-14-23-17-24)18-7-4-3-5-8-18/h3-5,7-8,10-15,17,22H,2,6,9,16H2,1H3. The van der Waals surface area contributed by atoms with E-state index in [-0.39, 0.29) is 12.0 Å². The molecule has 1 unspecified atom stereocenters. The Bertz CT molecular complexity index is 815. The van der Waals surface area contributed by atoms with E-state index < -0.39 is 0 Å². The van der Waals surface area contributed by atoms with Crippen LogP contribution in [-0.4, -0.2) is 28.7 Å². The van der Waals surface area contributed by atoms with Gasteiger partial charge in [-0.3, -0.25) is 4.79 Å². The Morgan fingerprint density at radius 3 is 2.48 bits per heavy atom. The van der Waals surface area contributed by atoms with Gasteiger partial charge in [0, 0.05) is 18.8 Å². The van der Waals surface area contributed by atoms with Crippen molar-refractivity contribution in [1.29, 1.82) is 0 Å². The molecule has 2 aromatic carbocycles. The lowest BCUT2D eigenvalue weighted by Crippen LogP contribution is -2.10. The van der Waals surface area contributed by atoms with Gasteiger partial charge in [0.1, 0.15) is 5.75 Å². The van der Waals surface area contributed by atoms with Crippen molar-refractivity contribution < 1.29 is 14.3 Å². The van der Waals surface area contributed by atoms with Gasteiger partial charge in [0.2, 0.25) is 0 Å². The molecule has 3 aromatic rings. The first-order valence-electron chi connectivity index (χ1n) is 9.18. The fraction of sp³-hybridized carbons (Fsp3) is 0.273. The third-order valence-corrected chi connectivity index (χ3v) is 4.23. The highest BCUT2D eigenvalue weighted by Gasteiger charge is 2.15. The van der Waals surface area contributed by atoms with Gasteiger partial charge >= 0.3 is 5.97 Å². The Morgan fingerprint density at radius 2 is 1.81 bits per heavy atom. The third kappa shape index (κ3) is 5.20. The number of aromatic nitrogens is 2. The lowest BCUT2D eigenvalue weighted by atomic mass is 9.98. The number of nitrogens with zero attached hydrogens (tertiary/aromatic N) is 2. The maximum atomic E-state index is 11.3. The Kier molecular flexibility index (Phi) is 6.63. The summed E-state index contributed by atoms with van der Waals surface area (Å²) in [6, 6.07) is 18.5. The van der Waals surface area contributed by atoms with Gasteiger partial charge in [-0.2, -0.15) is 0 Å². The highest BCUT2D eigenvalue weighted by molar-refractivity contribution is 5.69. The maximum absolute atomic E-state index is 11.3. The van der Waals surface area contributed by atoms with Gasteiger partial charge in [-0.15, -0.1) is 0 Å². The molecule has 5 heteroatoms. The van der Waals surface area contributed by atoms with E-state index in [1.807, 2.05) is 49.8 Å². The predicted octanol–water partition coefficient (Wildman–Crippen LogP) is 4.24. The Morgan fingerprint density at radius 1 is 1.07 bits per heavy atom. The molecule has 0 aliphatic heterocycles. The molecule has 27 heavy (non-hydrogen) atoms. The molecule has 0 saturated carbocycles. The molecular weight excluding hydrogens is 340 g/mol. The van der Waals surface area contributed by atoms with Crippen LogP contribution in [0.1, 0.15) is 36.9 Å². The maximum Gasteiger partial charge on any atom is 0.305 e. The van der Waals surface area contributed by atoms with E-state index in [1.165, 1.54) is 5.56 Å². The molecule has 140 valence electrons. The molecule has 0 amide bonds. The summed E-state index contributed by atoms with van der Waals surface area (Å²) in [5.41, 5.74) is 2.34. The van der Waals surface area contributed by atoms with E-state index in [0.717, 1.165) is 11.3 Å². The number of carbonyl (C=O) groups excluding carboxylic acids is 1. The van der Waals surface area contributed by atoms with Gasteiger partial charge < -0.3 is 14.0 Å². The summed E-state index contributed by atoms with van der Waals surface area (Å²) in [4.78, 5) is 15.5. The van der Waals surface area contributed by atoms with Gasteiger partial charge in [0.25, 0.3) is 0 Å². The average Bonchev–Trinajstić information content (AvgIpc) is 3.22. The summed E-state index contributed by atoms with van der Waals surface area (Å²) in [6.07, 6.45) is 6.61. The summed E-state index contributed by atoms with van der Waals surface area (Å²) in [5, 5.41) is 0. The lowest BCUT2D eigenvalue weighted by Gasteiger charge is -2.20. The first-order valence-corrected chi connectivity index (χ1v) is 9.18. The van der Waals surface area contributed by atoms with Crippen LogP contribution in [0.2, 0.25) is 0 Å². The second kappa shape index (κ2) is 9.57. The molecule has 0 radical (unpaired) electrons. The number of imidazole rings is 1. The minimum absolute atomic E-state index is 0.0616. The summed E-state index contributed by atoms with van der Waals surface area (Å²) >= 11 is 0. The van der Waals surface area contributed by atoms with Crippen LogP contribution in [0.15, 0.2) is 73.3 Å². The molecular formula is C22H24N2O3. The number of carbonyl (C=O) groups is 1. The highest BCUT2D eigenvalue weighted by Crippen LogP contribution is 2.27. The molecule has 0 aliphatic carbocycles. The smallest absolute Gasteiger partial charge is 0.305 e.